The molecule has 1 N–H and O–H groups in total. The van der Waals surface area contributed by atoms with Gasteiger partial charge < -0.3 is 9.84 Å². The Balaban J connectivity index is 1.51. The SMILES string of the molecule is O=C1CC(C(O)OCCCc2ccccc2)c2ccccc21. The monoisotopic (exact) mass is 296 g/mol. The Morgan fingerprint density at radius 2 is 1.82 bits per heavy atom. The number of hydrogen-bond acceptors (Lipinski definition) is 3. The van der Waals surface area contributed by atoms with Crippen LogP contribution in [0.5, 0.6) is 0 Å². The number of hydrogen-bond donors (Lipinski definition) is 1. The van der Waals surface area contributed by atoms with Gasteiger partial charge in [-0.2, -0.15) is 0 Å². The van der Waals surface area contributed by atoms with E-state index in [1.54, 1.807) is 0 Å². The maximum absolute atomic E-state index is 11.9. The molecule has 0 bridgehead atoms. The molecule has 2 aromatic carbocycles. The molecule has 0 aromatic heterocycles. The van der Waals surface area contributed by atoms with E-state index in [9.17, 15) is 9.90 Å². The Labute approximate surface area is 130 Å². The number of benzene rings is 2. The average molecular weight is 296 g/mol. The lowest BCUT2D eigenvalue weighted by Crippen LogP contribution is -2.21. The standard InChI is InChI=1S/C19H20O3/c20-18-13-17(15-10-4-5-11-16(15)18)19(21)22-12-6-9-14-7-2-1-3-8-14/h1-5,7-8,10-11,17,19,21H,6,9,12-13H2. The van der Waals surface area contributed by atoms with Crippen LogP contribution >= 0.6 is 0 Å². The summed E-state index contributed by atoms with van der Waals surface area (Å²) in [6, 6.07) is 17.7. The summed E-state index contributed by atoms with van der Waals surface area (Å²) in [5.41, 5.74) is 2.89. The number of carbonyl (C=O) groups is 1. The maximum atomic E-state index is 11.9. The van der Waals surface area contributed by atoms with Crippen molar-refractivity contribution in [3.63, 3.8) is 0 Å². The third-order valence-electron chi connectivity index (χ3n) is 4.15. The molecule has 0 saturated carbocycles. The molecule has 114 valence electrons. The van der Waals surface area contributed by atoms with Gasteiger partial charge in [-0.05, 0) is 24.0 Å². The number of fused-ring (bicyclic) bond motifs is 1. The van der Waals surface area contributed by atoms with E-state index in [0.717, 1.165) is 24.0 Å². The Kier molecular flexibility index (Phi) is 4.66. The van der Waals surface area contributed by atoms with Crippen LogP contribution < -0.4 is 0 Å². The zero-order valence-corrected chi connectivity index (χ0v) is 12.4. The number of aliphatic hydroxyl groups is 1. The summed E-state index contributed by atoms with van der Waals surface area (Å²) in [5, 5.41) is 10.2. The summed E-state index contributed by atoms with van der Waals surface area (Å²) in [7, 11) is 0. The van der Waals surface area contributed by atoms with E-state index in [1.165, 1.54) is 5.56 Å². The van der Waals surface area contributed by atoms with Gasteiger partial charge in [0, 0.05) is 17.9 Å². The highest BCUT2D eigenvalue weighted by molar-refractivity contribution is 6.01. The second kappa shape index (κ2) is 6.86. The summed E-state index contributed by atoms with van der Waals surface area (Å²) in [5.74, 6) is -0.145. The van der Waals surface area contributed by atoms with Gasteiger partial charge in [0.05, 0.1) is 6.61 Å². The Bertz CT molecular complexity index is 636. The molecule has 0 amide bonds. The van der Waals surface area contributed by atoms with Crippen molar-refractivity contribution >= 4 is 5.78 Å². The second-order valence-electron chi connectivity index (χ2n) is 5.67. The van der Waals surface area contributed by atoms with Crippen molar-refractivity contribution in [2.75, 3.05) is 6.61 Å². The fourth-order valence-electron chi connectivity index (χ4n) is 2.99. The summed E-state index contributed by atoms with van der Waals surface area (Å²) >= 11 is 0. The van der Waals surface area contributed by atoms with Gasteiger partial charge >= 0.3 is 0 Å². The molecule has 1 aliphatic rings. The molecule has 2 unspecified atom stereocenters. The molecule has 0 aliphatic heterocycles. The van der Waals surface area contributed by atoms with Crippen LogP contribution in [0.1, 0.15) is 40.2 Å². The van der Waals surface area contributed by atoms with Crippen molar-refractivity contribution < 1.29 is 14.6 Å². The van der Waals surface area contributed by atoms with Gasteiger partial charge in [-0.15, -0.1) is 0 Å². The van der Waals surface area contributed by atoms with Crippen LogP contribution in [0.4, 0.5) is 0 Å². The fraction of sp³-hybridized carbons (Fsp3) is 0.316. The van der Waals surface area contributed by atoms with E-state index < -0.39 is 6.29 Å². The number of ketones is 1. The maximum Gasteiger partial charge on any atom is 0.163 e. The Hall–Kier alpha value is -1.97. The quantitative estimate of drug-likeness (QED) is 0.657. The molecule has 0 saturated heterocycles. The van der Waals surface area contributed by atoms with Gasteiger partial charge in [0.15, 0.2) is 12.1 Å². The Morgan fingerprint density at radius 1 is 1.09 bits per heavy atom. The first-order valence-electron chi connectivity index (χ1n) is 7.71. The normalized spacial score (nSPS) is 18.2. The summed E-state index contributed by atoms with van der Waals surface area (Å²) in [4.78, 5) is 11.9. The number of carbonyl (C=O) groups excluding carboxylic acids is 1. The number of rotatable bonds is 6. The Morgan fingerprint density at radius 3 is 2.64 bits per heavy atom. The fourth-order valence-corrected chi connectivity index (χ4v) is 2.99. The van der Waals surface area contributed by atoms with Crippen molar-refractivity contribution in [1.82, 2.24) is 0 Å². The molecule has 22 heavy (non-hydrogen) atoms. The highest BCUT2D eigenvalue weighted by Gasteiger charge is 2.34. The largest absolute Gasteiger partial charge is 0.367 e. The zero-order valence-electron chi connectivity index (χ0n) is 12.4. The molecule has 2 atom stereocenters. The van der Waals surface area contributed by atoms with Gasteiger partial charge in [-0.1, -0.05) is 54.6 Å². The molecular formula is C19H20O3. The van der Waals surface area contributed by atoms with Crippen LogP contribution in [-0.2, 0) is 11.2 Å². The lowest BCUT2D eigenvalue weighted by atomic mass is 10.0. The lowest BCUT2D eigenvalue weighted by molar-refractivity contribution is -0.114. The molecule has 0 radical (unpaired) electrons. The van der Waals surface area contributed by atoms with Crippen LogP contribution in [0.3, 0.4) is 0 Å². The topological polar surface area (TPSA) is 46.5 Å². The molecule has 3 nitrogen and oxygen atoms in total. The predicted molar refractivity (Wildman–Crippen MR) is 84.9 cm³/mol. The van der Waals surface area contributed by atoms with Crippen molar-refractivity contribution in [1.29, 1.82) is 0 Å². The highest BCUT2D eigenvalue weighted by atomic mass is 16.6. The minimum atomic E-state index is -0.914. The van der Waals surface area contributed by atoms with Crippen LogP contribution in [0.15, 0.2) is 54.6 Å². The van der Waals surface area contributed by atoms with Gasteiger partial charge in [0.25, 0.3) is 0 Å². The summed E-state index contributed by atoms with van der Waals surface area (Å²) < 4.78 is 5.56. The lowest BCUT2D eigenvalue weighted by Gasteiger charge is -2.19. The number of Topliss-reactive ketones (excluding diaryl/α,β-unsaturated/α-hetero) is 1. The number of aliphatic hydroxyl groups excluding tert-OH is 1. The number of aryl methyl sites for hydroxylation is 1. The van der Waals surface area contributed by atoms with E-state index in [-0.39, 0.29) is 11.7 Å². The third kappa shape index (κ3) is 3.26. The minimum absolute atomic E-state index is 0.0903. The molecule has 3 rings (SSSR count). The summed E-state index contributed by atoms with van der Waals surface area (Å²) in [6.45, 7) is 0.489. The molecule has 3 heteroatoms. The van der Waals surface area contributed by atoms with E-state index in [0.29, 0.717) is 13.0 Å². The molecule has 0 spiro atoms. The first-order chi connectivity index (χ1) is 10.8. The highest BCUT2D eigenvalue weighted by Crippen LogP contribution is 2.35. The van der Waals surface area contributed by atoms with Crippen molar-refractivity contribution in [2.24, 2.45) is 0 Å². The van der Waals surface area contributed by atoms with Crippen LogP contribution in [-0.4, -0.2) is 23.8 Å². The van der Waals surface area contributed by atoms with Crippen LogP contribution in [0.2, 0.25) is 0 Å². The smallest absolute Gasteiger partial charge is 0.163 e. The third-order valence-corrected chi connectivity index (χ3v) is 4.15. The zero-order chi connectivity index (χ0) is 15.4. The van der Waals surface area contributed by atoms with E-state index in [1.807, 2.05) is 42.5 Å². The molecule has 2 aromatic rings. The van der Waals surface area contributed by atoms with E-state index in [2.05, 4.69) is 12.1 Å². The first kappa shape index (κ1) is 14.9. The number of ether oxygens (including phenoxy) is 1. The van der Waals surface area contributed by atoms with Crippen molar-refractivity contribution in [2.45, 2.75) is 31.5 Å². The molecular weight excluding hydrogens is 276 g/mol. The first-order valence-corrected chi connectivity index (χ1v) is 7.71. The van der Waals surface area contributed by atoms with Crippen molar-refractivity contribution in [3.8, 4) is 0 Å². The summed E-state index contributed by atoms with van der Waals surface area (Å²) in [6.07, 6.45) is 1.19. The van der Waals surface area contributed by atoms with Gasteiger partial charge in [-0.25, -0.2) is 0 Å². The van der Waals surface area contributed by atoms with Crippen LogP contribution in [0, 0.1) is 0 Å². The minimum Gasteiger partial charge on any atom is -0.367 e. The molecule has 1 aliphatic carbocycles. The van der Waals surface area contributed by atoms with E-state index in [4.69, 9.17) is 4.74 Å². The predicted octanol–water partition coefficient (Wildman–Crippen LogP) is 3.32. The van der Waals surface area contributed by atoms with Crippen LogP contribution in [0.25, 0.3) is 0 Å². The molecule has 0 fully saturated rings. The second-order valence-corrected chi connectivity index (χ2v) is 5.67. The average Bonchev–Trinajstić information content (AvgIpc) is 2.90. The van der Waals surface area contributed by atoms with Gasteiger partial charge in [-0.3, -0.25) is 4.79 Å². The van der Waals surface area contributed by atoms with Gasteiger partial charge in [0.2, 0.25) is 0 Å². The molecule has 0 heterocycles. The van der Waals surface area contributed by atoms with E-state index >= 15 is 0 Å². The van der Waals surface area contributed by atoms with Gasteiger partial charge in [0.1, 0.15) is 0 Å². The van der Waals surface area contributed by atoms with Crippen molar-refractivity contribution in [3.05, 3.63) is 71.3 Å².